The maximum Gasteiger partial charge on any atom is -0.0272 e. The van der Waals surface area contributed by atoms with E-state index in [0.717, 1.165) is 29.6 Å². The maximum atomic E-state index is 2.55. The first-order valence-electron chi connectivity index (χ1n) is 9.20. The monoisotopic (exact) mass is 282 g/mol. The fourth-order valence-electron chi connectivity index (χ4n) is 3.86. The molecular weight excluding hydrogens is 240 g/mol. The molecule has 0 heteroatoms. The van der Waals surface area contributed by atoms with Crippen molar-refractivity contribution < 1.29 is 0 Å². The normalized spacial score (nSPS) is 19.9. The summed E-state index contributed by atoms with van der Waals surface area (Å²) in [5, 5.41) is 0. The highest BCUT2D eigenvalue weighted by Gasteiger charge is 2.37. The van der Waals surface area contributed by atoms with E-state index in [1.807, 2.05) is 0 Å². The van der Waals surface area contributed by atoms with Crippen molar-refractivity contribution in [2.75, 3.05) is 0 Å². The molecule has 4 atom stereocenters. The van der Waals surface area contributed by atoms with Crippen LogP contribution in [0.15, 0.2) is 0 Å². The summed E-state index contributed by atoms with van der Waals surface area (Å²) in [5.41, 5.74) is 0.518. The first-order chi connectivity index (χ1) is 9.20. The molecule has 0 N–H and O–H groups in total. The Bertz CT molecular complexity index is 240. The molecule has 0 heterocycles. The summed E-state index contributed by atoms with van der Waals surface area (Å²) in [6.07, 6.45) is 6.87. The van der Waals surface area contributed by atoms with Gasteiger partial charge >= 0.3 is 0 Å². The molecule has 0 fully saturated rings. The van der Waals surface area contributed by atoms with Crippen LogP contribution in [0.3, 0.4) is 0 Å². The van der Waals surface area contributed by atoms with Gasteiger partial charge in [0.25, 0.3) is 0 Å². The van der Waals surface area contributed by atoms with Gasteiger partial charge in [-0.3, -0.25) is 0 Å². The molecule has 0 saturated carbocycles. The van der Waals surface area contributed by atoms with E-state index < -0.39 is 0 Å². The number of rotatable bonds is 10. The molecule has 0 bridgehead atoms. The topological polar surface area (TPSA) is 0 Å². The van der Waals surface area contributed by atoms with Gasteiger partial charge in [-0.15, -0.1) is 0 Å². The molecule has 0 amide bonds. The Hall–Kier alpha value is 0. The fraction of sp³-hybridized carbons (Fsp3) is 1.00. The minimum atomic E-state index is 0.518. The third-order valence-electron chi connectivity index (χ3n) is 6.46. The van der Waals surface area contributed by atoms with Gasteiger partial charge in [0.05, 0.1) is 0 Å². The molecule has 0 aromatic carbocycles. The van der Waals surface area contributed by atoms with Crippen LogP contribution >= 0.6 is 0 Å². The van der Waals surface area contributed by atoms with Crippen molar-refractivity contribution in [2.24, 2.45) is 35.0 Å². The van der Waals surface area contributed by atoms with Gasteiger partial charge in [-0.05, 0) is 41.4 Å². The van der Waals surface area contributed by atoms with Crippen LogP contribution in [0.5, 0.6) is 0 Å². The predicted molar refractivity (Wildman–Crippen MR) is 94.0 cm³/mol. The van der Waals surface area contributed by atoms with E-state index in [0.29, 0.717) is 5.41 Å². The summed E-state index contributed by atoms with van der Waals surface area (Å²) in [6, 6.07) is 0. The highest BCUT2D eigenvalue weighted by atomic mass is 14.4. The second-order valence-corrected chi connectivity index (χ2v) is 8.17. The zero-order chi connectivity index (χ0) is 15.9. The molecule has 0 rings (SSSR count). The molecule has 0 nitrogen and oxygen atoms in total. The Morgan fingerprint density at radius 1 is 0.800 bits per heavy atom. The second kappa shape index (κ2) is 9.11. The van der Waals surface area contributed by atoms with Crippen molar-refractivity contribution in [1.29, 1.82) is 0 Å². The lowest BCUT2D eigenvalue weighted by Gasteiger charge is -2.44. The summed E-state index contributed by atoms with van der Waals surface area (Å²) < 4.78 is 0. The van der Waals surface area contributed by atoms with Gasteiger partial charge in [0.15, 0.2) is 0 Å². The van der Waals surface area contributed by atoms with E-state index >= 15 is 0 Å². The first kappa shape index (κ1) is 20.0. The molecule has 0 aromatic heterocycles. The van der Waals surface area contributed by atoms with Gasteiger partial charge in [0.1, 0.15) is 0 Å². The quantitative estimate of drug-likeness (QED) is 0.398. The van der Waals surface area contributed by atoms with E-state index in [9.17, 15) is 0 Å². The molecule has 20 heavy (non-hydrogen) atoms. The first-order valence-corrected chi connectivity index (χ1v) is 9.20. The summed E-state index contributed by atoms with van der Waals surface area (Å²) in [6.45, 7) is 21.8. The van der Waals surface area contributed by atoms with E-state index in [2.05, 4.69) is 62.3 Å². The zero-order valence-electron chi connectivity index (χ0n) is 15.9. The lowest BCUT2D eigenvalue weighted by Crippen LogP contribution is -2.36. The zero-order valence-corrected chi connectivity index (χ0v) is 15.9. The SMILES string of the molecule is CCC(C)C(C)(CC)C(CCCC(C)C(C)C)C(C)C. The van der Waals surface area contributed by atoms with Gasteiger partial charge in [-0.25, -0.2) is 0 Å². The van der Waals surface area contributed by atoms with E-state index in [-0.39, 0.29) is 0 Å². The summed E-state index contributed by atoms with van der Waals surface area (Å²) in [4.78, 5) is 0. The van der Waals surface area contributed by atoms with Crippen LogP contribution in [0.2, 0.25) is 0 Å². The van der Waals surface area contributed by atoms with Crippen LogP contribution in [0, 0.1) is 35.0 Å². The molecule has 0 aliphatic heterocycles. The van der Waals surface area contributed by atoms with Crippen molar-refractivity contribution >= 4 is 0 Å². The third-order valence-corrected chi connectivity index (χ3v) is 6.46. The van der Waals surface area contributed by atoms with E-state index in [4.69, 9.17) is 0 Å². The fourth-order valence-corrected chi connectivity index (χ4v) is 3.86. The van der Waals surface area contributed by atoms with Gasteiger partial charge in [-0.2, -0.15) is 0 Å². The molecule has 0 aliphatic rings. The third kappa shape index (κ3) is 5.41. The van der Waals surface area contributed by atoms with Crippen molar-refractivity contribution in [2.45, 2.75) is 94.4 Å². The minimum absolute atomic E-state index is 0.518. The number of hydrogen-bond donors (Lipinski definition) is 0. The highest BCUT2D eigenvalue weighted by molar-refractivity contribution is 4.87. The summed E-state index contributed by atoms with van der Waals surface area (Å²) in [5.74, 6) is 4.23. The second-order valence-electron chi connectivity index (χ2n) is 8.17. The van der Waals surface area contributed by atoms with Crippen molar-refractivity contribution in [3.63, 3.8) is 0 Å². The molecule has 0 saturated heterocycles. The molecule has 0 aromatic rings. The van der Waals surface area contributed by atoms with Crippen molar-refractivity contribution in [3.8, 4) is 0 Å². The summed E-state index contributed by atoms with van der Waals surface area (Å²) >= 11 is 0. The number of hydrogen-bond acceptors (Lipinski definition) is 0. The standard InChI is InChI=1S/C20H42/c1-10-18(8)20(9,11-2)19(16(5)6)14-12-13-17(7)15(3)4/h15-19H,10-14H2,1-9H3. The molecule has 4 unspecified atom stereocenters. The average molecular weight is 283 g/mol. The lowest BCUT2D eigenvalue weighted by molar-refractivity contribution is 0.0504. The van der Waals surface area contributed by atoms with Gasteiger partial charge in [0, 0.05) is 0 Å². The minimum Gasteiger partial charge on any atom is -0.0651 e. The Labute approximate surface area is 130 Å². The molecule has 0 radical (unpaired) electrons. The average Bonchev–Trinajstić information content (AvgIpc) is 2.40. The van der Waals surface area contributed by atoms with Gasteiger partial charge < -0.3 is 0 Å². The van der Waals surface area contributed by atoms with Crippen LogP contribution in [0.4, 0.5) is 0 Å². The Kier molecular flexibility index (Phi) is 9.11. The van der Waals surface area contributed by atoms with Crippen LogP contribution in [0.25, 0.3) is 0 Å². The van der Waals surface area contributed by atoms with Crippen molar-refractivity contribution in [3.05, 3.63) is 0 Å². The molecular formula is C20H42. The smallest absolute Gasteiger partial charge is 0.0272 e. The Balaban J connectivity index is 4.71. The van der Waals surface area contributed by atoms with Crippen LogP contribution in [-0.2, 0) is 0 Å². The maximum absolute atomic E-state index is 2.55. The van der Waals surface area contributed by atoms with E-state index in [1.165, 1.54) is 32.1 Å². The predicted octanol–water partition coefficient (Wildman–Crippen LogP) is 7.18. The molecule has 0 aliphatic carbocycles. The Morgan fingerprint density at radius 3 is 1.70 bits per heavy atom. The lowest BCUT2D eigenvalue weighted by atomic mass is 9.61. The Morgan fingerprint density at radius 2 is 1.35 bits per heavy atom. The van der Waals surface area contributed by atoms with Gasteiger partial charge in [-0.1, -0.05) is 88.0 Å². The van der Waals surface area contributed by atoms with Crippen molar-refractivity contribution in [1.82, 2.24) is 0 Å². The largest absolute Gasteiger partial charge is 0.0651 e. The van der Waals surface area contributed by atoms with Crippen LogP contribution in [0.1, 0.15) is 94.4 Å². The molecule has 122 valence electrons. The molecule has 0 spiro atoms. The van der Waals surface area contributed by atoms with Crippen LogP contribution in [-0.4, -0.2) is 0 Å². The van der Waals surface area contributed by atoms with Crippen LogP contribution < -0.4 is 0 Å². The highest BCUT2D eigenvalue weighted by Crippen LogP contribution is 2.46. The summed E-state index contributed by atoms with van der Waals surface area (Å²) in [7, 11) is 0. The van der Waals surface area contributed by atoms with Gasteiger partial charge in [0.2, 0.25) is 0 Å². The van der Waals surface area contributed by atoms with E-state index in [1.54, 1.807) is 0 Å².